The Balaban J connectivity index is 1.74. The van der Waals surface area contributed by atoms with Crippen molar-refractivity contribution < 1.29 is 4.79 Å². The zero-order valence-electron chi connectivity index (χ0n) is 15.6. The Kier molecular flexibility index (Phi) is 4.88. The maximum Gasteiger partial charge on any atom is 0.254 e. The molecule has 0 spiro atoms. The van der Waals surface area contributed by atoms with E-state index in [1.165, 1.54) is 0 Å². The van der Waals surface area contributed by atoms with E-state index in [2.05, 4.69) is 15.1 Å². The lowest BCUT2D eigenvalue weighted by Gasteiger charge is -2.25. The number of amides is 1. The number of benzene rings is 1. The van der Waals surface area contributed by atoms with Crippen LogP contribution in [0.1, 0.15) is 41.9 Å². The van der Waals surface area contributed by atoms with Gasteiger partial charge in [0, 0.05) is 24.9 Å². The SMILES string of the molecule is Cc1nc2nc(N)nn2c(C)c1CCC(=O)N(C)C(C)c1ccccc1. The Morgan fingerprint density at radius 1 is 1.23 bits per heavy atom. The lowest BCUT2D eigenvalue weighted by atomic mass is 10.0. The molecule has 1 unspecified atom stereocenters. The molecule has 2 heterocycles. The largest absolute Gasteiger partial charge is 0.366 e. The van der Waals surface area contributed by atoms with Crippen molar-refractivity contribution in [3.8, 4) is 0 Å². The number of nitrogen functional groups attached to an aromatic ring is 1. The van der Waals surface area contributed by atoms with Gasteiger partial charge in [-0.15, -0.1) is 5.10 Å². The van der Waals surface area contributed by atoms with Crippen molar-refractivity contribution in [3.05, 3.63) is 52.8 Å². The molecule has 0 aliphatic heterocycles. The highest BCUT2D eigenvalue weighted by Gasteiger charge is 2.19. The normalized spacial score (nSPS) is 12.3. The van der Waals surface area contributed by atoms with Gasteiger partial charge in [-0.1, -0.05) is 30.3 Å². The number of anilines is 1. The van der Waals surface area contributed by atoms with Gasteiger partial charge in [0.2, 0.25) is 11.9 Å². The molecule has 0 saturated carbocycles. The smallest absolute Gasteiger partial charge is 0.254 e. The number of aryl methyl sites for hydroxylation is 2. The summed E-state index contributed by atoms with van der Waals surface area (Å²) in [5, 5.41) is 4.17. The van der Waals surface area contributed by atoms with Gasteiger partial charge in [0.25, 0.3) is 5.78 Å². The van der Waals surface area contributed by atoms with E-state index in [9.17, 15) is 4.79 Å². The van der Waals surface area contributed by atoms with Crippen molar-refractivity contribution >= 4 is 17.6 Å². The molecule has 0 aliphatic rings. The second-order valence-corrected chi connectivity index (χ2v) is 6.53. The maximum atomic E-state index is 12.7. The lowest BCUT2D eigenvalue weighted by Crippen LogP contribution is -2.30. The molecular weight excluding hydrogens is 328 g/mol. The van der Waals surface area contributed by atoms with Gasteiger partial charge < -0.3 is 10.6 Å². The standard InChI is InChI=1S/C19H24N6O/c1-12-16(14(3)25-19(21-12)22-18(20)23-25)10-11-17(26)24(4)13(2)15-8-6-5-7-9-15/h5-9,13H,10-11H2,1-4H3,(H2,20,23). The number of hydrogen-bond donors (Lipinski definition) is 1. The maximum absolute atomic E-state index is 12.7. The fourth-order valence-corrected chi connectivity index (χ4v) is 3.17. The second-order valence-electron chi connectivity index (χ2n) is 6.53. The van der Waals surface area contributed by atoms with Crippen LogP contribution in [0.2, 0.25) is 0 Å². The highest BCUT2D eigenvalue weighted by atomic mass is 16.2. The summed E-state index contributed by atoms with van der Waals surface area (Å²) in [7, 11) is 1.85. The second kappa shape index (κ2) is 7.11. The first-order chi connectivity index (χ1) is 12.4. The van der Waals surface area contributed by atoms with Crippen LogP contribution < -0.4 is 5.73 Å². The van der Waals surface area contributed by atoms with Crippen LogP contribution in [0, 0.1) is 13.8 Å². The minimum atomic E-state index is 0.0293. The van der Waals surface area contributed by atoms with Gasteiger partial charge >= 0.3 is 0 Å². The van der Waals surface area contributed by atoms with Crippen LogP contribution in [0.15, 0.2) is 30.3 Å². The third kappa shape index (κ3) is 3.37. The van der Waals surface area contributed by atoms with Crippen LogP contribution in [-0.2, 0) is 11.2 Å². The van der Waals surface area contributed by atoms with Crippen molar-refractivity contribution in [1.82, 2.24) is 24.5 Å². The first-order valence-electron chi connectivity index (χ1n) is 8.67. The van der Waals surface area contributed by atoms with E-state index in [1.807, 2.05) is 58.2 Å². The summed E-state index contributed by atoms with van der Waals surface area (Å²) in [5.74, 6) is 0.783. The van der Waals surface area contributed by atoms with E-state index in [4.69, 9.17) is 5.73 Å². The zero-order valence-corrected chi connectivity index (χ0v) is 15.6. The number of rotatable bonds is 5. The summed E-state index contributed by atoms with van der Waals surface area (Å²) in [6.45, 7) is 5.91. The minimum absolute atomic E-state index is 0.0293. The molecule has 0 bridgehead atoms. The van der Waals surface area contributed by atoms with Crippen LogP contribution in [0.3, 0.4) is 0 Å². The molecule has 0 fully saturated rings. The van der Waals surface area contributed by atoms with Gasteiger partial charge in [-0.05, 0) is 38.3 Å². The summed E-state index contributed by atoms with van der Waals surface area (Å²) in [5.41, 5.74) is 9.57. The van der Waals surface area contributed by atoms with Crippen LogP contribution in [-0.4, -0.2) is 37.4 Å². The average Bonchev–Trinajstić information content (AvgIpc) is 3.01. The van der Waals surface area contributed by atoms with Gasteiger partial charge in [0.05, 0.1) is 6.04 Å². The van der Waals surface area contributed by atoms with Crippen molar-refractivity contribution in [2.45, 2.75) is 39.7 Å². The molecule has 1 amide bonds. The van der Waals surface area contributed by atoms with Crippen molar-refractivity contribution in [3.63, 3.8) is 0 Å². The molecule has 0 saturated heterocycles. The molecular formula is C19H24N6O. The number of hydrogen-bond acceptors (Lipinski definition) is 5. The molecule has 26 heavy (non-hydrogen) atoms. The van der Waals surface area contributed by atoms with Gasteiger partial charge in [0.15, 0.2) is 0 Å². The number of aromatic nitrogens is 4. The van der Waals surface area contributed by atoms with Gasteiger partial charge in [-0.2, -0.15) is 9.50 Å². The van der Waals surface area contributed by atoms with E-state index >= 15 is 0 Å². The molecule has 2 N–H and O–H groups in total. The fraction of sp³-hybridized carbons (Fsp3) is 0.368. The van der Waals surface area contributed by atoms with Gasteiger partial charge in [-0.3, -0.25) is 4.79 Å². The summed E-state index contributed by atoms with van der Waals surface area (Å²) in [6.07, 6.45) is 1.01. The molecule has 3 aromatic rings. The Bertz CT molecular complexity index is 934. The van der Waals surface area contributed by atoms with E-state index < -0.39 is 0 Å². The molecule has 1 atom stereocenters. The Morgan fingerprint density at radius 2 is 1.92 bits per heavy atom. The number of nitrogens with zero attached hydrogens (tertiary/aromatic N) is 5. The van der Waals surface area contributed by atoms with Crippen molar-refractivity contribution in [1.29, 1.82) is 0 Å². The number of nitrogens with two attached hydrogens (primary N) is 1. The third-order valence-corrected chi connectivity index (χ3v) is 4.91. The zero-order chi connectivity index (χ0) is 18.8. The predicted octanol–water partition coefficient (Wildman–Crippen LogP) is 2.48. The molecule has 7 heteroatoms. The van der Waals surface area contributed by atoms with Gasteiger partial charge in [-0.25, -0.2) is 4.98 Å². The molecule has 0 radical (unpaired) electrons. The first kappa shape index (κ1) is 17.8. The summed E-state index contributed by atoms with van der Waals surface area (Å²) in [4.78, 5) is 23.0. The van der Waals surface area contributed by atoms with E-state index in [-0.39, 0.29) is 17.9 Å². The van der Waals surface area contributed by atoms with E-state index in [0.717, 1.165) is 22.5 Å². The molecule has 2 aromatic heterocycles. The van der Waals surface area contributed by atoms with Crippen LogP contribution >= 0.6 is 0 Å². The fourth-order valence-electron chi connectivity index (χ4n) is 3.17. The van der Waals surface area contributed by atoms with Crippen LogP contribution in [0.4, 0.5) is 5.95 Å². The van der Waals surface area contributed by atoms with E-state index in [0.29, 0.717) is 18.6 Å². The first-order valence-corrected chi connectivity index (χ1v) is 8.67. The third-order valence-electron chi connectivity index (χ3n) is 4.91. The quantitative estimate of drug-likeness (QED) is 0.762. The monoisotopic (exact) mass is 352 g/mol. The number of carbonyl (C=O) groups excluding carboxylic acids is 1. The van der Waals surface area contributed by atoms with Gasteiger partial charge in [0.1, 0.15) is 0 Å². The Hall–Kier alpha value is -2.96. The molecule has 0 aliphatic carbocycles. The van der Waals surface area contributed by atoms with E-state index in [1.54, 1.807) is 9.42 Å². The molecule has 1 aromatic carbocycles. The Morgan fingerprint density at radius 3 is 2.62 bits per heavy atom. The lowest BCUT2D eigenvalue weighted by molar-refractivity contribution is -0.131. The Labute approximate surface area is 152 Å². The van der Waals surface area contributed by atoms with Crippen molar-refractivity contribution in [2.75, 3.05) is 12.8 Å². The minimum Gasteiger partial charge on any atom is -0.366 e. The summed E-state index contributed by atoms with van der Waals surface area (Å²) in [6, 6.07) is 10.1. The topological polar surface area (TPSA) is 89.4 Å². The van der Waals surface area contributed by atoms with Crippen molar-refractivity contribution in [2.24, 2.45) is 0 Å². The number of fused-ring (bicyclic) bond motifs is 1. The van der Waals surface area contributed by atoms with Crippen LogP contribution in [0.5, 0.6) is 0 Å². The highest BCUT2D eigenvalue weighted by molar-refractivity contribution is 5.76. The molecule has 3 rings (SSSR count). The summed E-state index contributed by atoms with van der Waals surface area (Å²) < 4.78 is 1.64. The summed E-state index contributed by atoms with van der Waals surface area (Å²) >= 11 is 0. The number of carbonyl (C=O) groups is 1. The van der Waals surface area contributed by atoms with Crippen LogP contribution in [0.25, 0.3) is 5.78 Å². The highest BCUT2D eigenvalue weighted by Crippen LogP contribution is 2.21. The molecule has 7 nitrogen and oxygen atoms in total. The molecule has 136 valence electrons. The predicted molar refractivity (Wildman–Crippen MR) is 101 cm³/mol. The average molecular weight is 352 g/mol.